The second-order valence-corrected chi connectivity index (χ2v) is 4.60. The summed E-state index contributed by atoms with van der Waals surface area (Å²) in [6.45, 7) is 2.07. The maximum Gasteiger partial charge on any atom is 0.0455 e. The van der Waals surface area contributed by atoms with E-state index in [1.54, 1.807) is 0 Å². The van der Waals surface area contributed by atoms with Crippen LogP contribution in [0.25, 0.3) is 21.8 Å². The number of para-hydroxylation sites is 2. The molecule has 2 heteroatoms. The molecular weight excluding hydrogens is 232 g/mol. The van der Waals surface area contributed by atoms with E-state index in [9.17, 15) is 0 Å². The lowest BCUT2D eigenvalue weighted by molar-refractivity contribution is 1.30. The summed E-state index contributed by atoms with van der Waals surface area (Å²) in [5.41, 5.74) is 3.65. The van der Waals surface area contributed by atoms with Crippen molar-refractivity contribution in [2.24, 2.45) is 0 Å². The Labute approximate surface area is 112 Å². The number of H-pyrrole nitrogens is 2. The minimum absolute atomic E-state index is 1.21. The molecular formula is C17H16N2. The number of aromatic amines is 2. The van der Waals surface area contributed by atoms with E-state index in [-0.39, 0.29) is 0 Å². The van der Waals surface area contributed by atoms with Crippen LogP contribution in [0.4, 0.5) is 0 Å². The van der Waals surface area contributed by atoms with Gasteiger partial charge in [-0.25, -0.2) is 0 Å². The second-order valence-electron chi connectivity index (χ2n) is 4.60. The van der Waals surface area contributed by atoms with Gasteiger partial charge in [0.25, 0.3) is 0 Å². The minimum atomic E-state index is 1.21. The predicted molar refractivity (Wildman–Crippen MR) is 81.3 cm³/mol. The van der Waals surface area contributed by atoms with Gasteiger partial charge >= 0.3 is 0 Å². The molecule has 0 bridgehead atoms. The van der Waals surface area contributed by atoms with Gasteiger partial charge < -0.3 is 9.97 Å². The zero-order chi connectivity index (χ0) is 13.1. The van der Waals surface area contributed by atoms with Gasteiger partial charge in [-0.3, -0.25) is 0 Å². The Kier molecular flexibility index (Phi) is 3.07. The van der Waals surface area contributed by atoms with Crippen LogP contribution in [0.3, 0.4) is 0 Å². The lowest BCUT2D eigenvalue weighted by atomic mass is 10.2. The van der Waals surface area contributed by atoms with E-state index in [1.165, 1.54) is 27.5 Å². The Morgan fingerprint density at radius 1 is 0.737 bits per heavy atom. The number of aromatic nitrogens is 2. The highest BCUT2D eigenvalue weighted by Crippen LogP contribution is 2.13. The number of aryl methyl sites for hydroxylation is 1. The maximum absolute atomic E-state index is 3.26. The summed E-state index contributed by atoms with van der Waals surface area (Å²) in [6.07, 6.45) is 1.95. The minimum Gasteiger partial charge on any atom is -0.361 e. The SMILES string of the molecule is Cc1cc2ccccc2[nH]1.c1ccc2[nH]ccc2c1. The average Bonchev–Trinajstić information content (AvgIpc) is 3.03. The van der Waals surface area contributed by atoms with E-state index in [0.717, 1.165) is 0 Å². The highest BCUT2D eigenvalue weighted by atomic mass is 14.7. The first-order chi connectivity index (χ1) is 9.33. The monoisotopic (exact) mass is 248 g/mol. The lowest BCUT2D eigenvalue weighted by Gasteiger charge is -1.83. The number of hydrogen-bond donors (Lipinski definition) is 2. The number of nitrogens with one attached hydrogen (secondary N) is 2. The molecule has 2 N–H and O–H groups in total. The fourth-order valence-electron chi connectivity index (χ4n) is 2.21. The Morgan fingerprint density at radius 2 is 1.42 bits per heavy atom. The Bertz CT molecular complexity index is 730. The van der Waals surface area contributed by atoms with E-state index in [0.29, 0.717) is 0 Å². The molecule has 0 aliphatic carbocycles. The Hall–Kier alpha value is -2.48. The van der Waals surface area contributed by atoms with Crippen molar-refractivity contribution in [2.45, 2.75) is 6.92 Å². The van der Waals surface area contributed by atoms with Crippen LogP contribution < -0.4 is 0 Å². The molecule has 0 aliphatic rings. The largest absolute Gasteiger partial charge is 0.361 e. The third-order valence-electron chi connectivity index (χ3n) is 3.13. The van der Waals surface area contributed by atoms with E-state index in [2.05, 4.69) is 59.4 Å². The summed E-state index contributed by atoms with van der Waals surface area (Å²) in [6, 6.07) is 20.7. The van der Waals surface area contributed by atoms with Gasteiger partial charge in [0, 0.05) is 22.9 Å². The van der Waals surface area contributed by atoms with Crippen LogP contribution in [-0.2, 0) is 0 Å². The quantitative estimate of drug-likeness (QED) is 0.454. The van der Waals surface area contributed by atoms with Crippen molar-refractivity contribution in [3.8, 4) is 0 Å². The van der Waals surface area contributed by atoms with Crippen LogP contribution in [0.15, 0.2) is 66.9 Å². The Balaban J connectivity index is 0.000000117. The zero-order valence-electron chi connectivity index (χ0n) is 10.9. The van der Waals surface area contributed by atoms with Gasteiger partial charge in [-0.2, -0.15) is 0 Å². The highest BCUT2D eigenvalue weighted by molar-refractivity contribution is 5.80. The summed E-state index contributed by atoms with van der Waals surface area (Å²) in [5, 5.41) is 2.57. The molecule has 0 fully saturated rings. The van der Waals surface area contributed by atoms with E-state index < -0.39 is 0 Å². The van der Waals surface area contributed by atoms with Crippen molar-refractivity contribution < 1.29 is 0 Å². The molecule has 19 heavy (non-hydrogen) atoms. The summed E-state index contributed by atoms with van der Waals surface area (Å²) in [5.74, 6) is 0. The van der Waals surface area contributed by atoms with Crippen molar-refractivity contribution in [3.05, 3.63) is 72.6 Å². The van der Waals surface area contributed by atoms with Crippen molar-refractivity contribution in [1.29, 1.82) is 0 Å². The Morgan fingerprint density at radius 3 is 2.16 bits per heavy atom. The topological polar surface area (TPSA) is 31.6 Å². The van der Waals surface area contributed by atoms with Crippen LogP contribution in [0.1, 0.15) is 5.69 Å². The van der Waals surface area contributed by atoms with Gasteiger partial charge in [0.05, 0.1) is 0 Å². The van der Waals surface area contributed by atoms with Gasteiger partial charge in [-0.15, -0.1) is 0 Å². The molecule has 0 aliphatic heterocycles. The summed E-state index contributed by atoms with van der Waals surface area (Å²) in [7, 11) is 0. The maximum atomic E-state index is 3.26. The molecule has 0 radical (unpaired) electrons. The van der Waals surface area contributed by atoms with Gasteiger partial charge in [-0.05, 0) is 42.0 Å². The van der Waals surface area contributed by atoms with Gasteiger partial charge in [0.2, 0.25) is 0 Å². The van der Waals surface area contributed by atoms with Crippen molar-refractivity contribution in [1.82, 2.24) is 9.97 Å². The molecule has 4 aromatic rings. The smallest absolute Gasteiger partial charge is 0.0455 e. The molecule has 94 valence electrons. The first kappa shape index (κ1) is 11.6. The highest BCUT2D eigenvalue weighted by Gasteiger charge is 1.92. The van der Waals surface area contributed by atoms with Crippen molar-refractivity contribution in [2.75, 3.05) is 0 Å². The number of rotatable bonds is 0. The number of hydrogen-bond acceptors (Lipinski definition) is 0. The van der Waals surface area contributed by atoms with Crippen LogP contribution in [-0.4, -0.2) is 9.97 Å². The molecule has 0 unspecified atom stereocenters. The van der Waals surface area contributed by atoms with Gasteiger partial charge in [0.15, 0.2) is 0 Å². The molecule has 2 aromatic carbocycles. The molecule has 0 saturated carbocycles. The van der Waals surface area contributed by atoms with Gasteiger partial charge in [0.1, 0.15) is 0 Å². The van der Waals surface area contributed by atoms with E-state index in [1.807, 2.05) is 24.4 Å². The molecule has 2 heterocycles. The molecule has 2 aromatic heterocycles. The molecule has 0 spiro atoms. The van der Waals surface area contributed by atoms with Crippen LogP contribution in [0.5, 0.6) is 0 Å². The van der Waals surface area contributed by atoms with Crippen LogP contribution >= 0.6 is 0 Å². The lowest BCUT2D eigenvalue weighted by Crippen LogP contribution is -1.65. The second kappa shape index (κ2) is 5.02. The third kappa shape index (κ3) is 2.52. The summed E-state index contributed by atoms with van der Waals surface area (Å²) in [4.78, 5) is 6.38. The van der Waals surface area contributed by atoms with Crippen molar-refractivity contribution in [3.63, 3.8) is 0 Å². The molecule has 2 nitrogen and oxygen atoms in total. The molecule has 0 atom stereocenters. The number of benzene rings is 2. The van der Waals surface area contributed by atoms with Crippen molar-refractivity contribution >= 4 is 21.8 Å². The molecule has 0 saturated heterocycles. The van der Waals surface area contributed by atoms with Crippen LogP contribution in [0.2, 0.25) is 0 Å². The van der Waals surface area contributed by atoms with Crippen LogP contribution in [0, 0.1) is 6.92 Å². The first-order valence-electron chi connectivity index (χ1n) is 6.39. The summed E-state index contributed by atoms with van der Waals surface area (Å²) >= 11 is 0. The first-order valence-corrected chi connectivity index (χ1v) is 6.39. The fraction of sp³-hybridized carbons (Fsp3) is 0.0588. The standard InChI is InChI=1S/C9H9N.C8H7N/c1-7-6-8-4-2-3-5-9(8)10-7;1-2-4-8-7(3-1)5-6-9-8/h2-6,10H,1H3;1-6,9H. The average molecular weight is 248 g/mol. The predicted octanol–water partition coefficient (Wildman–Crippen LogP) is 4.64. The summed E-state index contributed by atoms with van der Waals surface area (Å²) < 4.78 is 0. The molecule has 0 amide bonds. The third-order valence-corrected chi connectivity index (χ3v) is 3.13. The normalized spacial score (nSPS) is 10.4. The van der Waals surface area contributed by atoms with E-state index in [4.69, 9.17) is 0 Å². The zero-order valence-corrected chi connectivity index (χ0v) is 10.9. The van der Waals surface area contributed by atoms with Gasteiger partial charge in [-0.1, -0.05) is 36.4 Å². The number of fused-ring (bicyclic) bond motifs is 2. The molecule has 4 rings (SSSR count). The van der Waals surface area contributed by atoms with E-state index >= 15 is 0 Å². The fourth-order valence-corrected chi connectivity index (χ4v) is 2.21.